The minimum Gasteiger partial charge on any atom is -0.763 e. The molecule has 0 saturated carbocycles. The third-order valence-corrected chi connectivity index (χ3v) is 2.64. The van der Waals surface area contributed by atoms with Crippen LogP contribution < -0.4 is 5.32 Å². The van der Waals surface area contributed by atoms with Crippen LogP contribution in [-0.4, -0.2) is 16.8 Å². The van der Waals surface area contributed by atoms with E-state index in [0.717, 1.165) is 0 Å². The number of carbonyl (C=O) groups excluding carboxylic acids is 1. The van der Waals surface area contributed by atoms with Crippen molar-refractivity contribution in [2.75, 3.05) is 0 Å². The number of nitrogens with one attached hydrogen (secondary N) is 1. The van der Waals surface area contributed by atoms with Crippen molar-refractivity contribution in [2.45, 2.75) is 13.8 Å². The van der Waals surface area contributed by atoms with Crippen molar-refractivity contribution in [1.29, 1.82) is 5.26 Å². The monoisotopic (exact) mass is 206 g/mol. The highest BCUT2D eigenvalue weighted by Crippen LogP contribution is 2.36. The van der Waals surface area contributed by atoms with Crippen LogP contribution in [0.2, 0.25) is 0 Å². The average molecular weight is 206 g/mol. The summed E-state index contributed by atoms with van der Waals surface area (Å²) in [6.45, 7) is 3.34. The quantitative estimate of drug-likeness (QED) is 0.361. The van der Waals surface area contributed by atoms with Gasteiger partial charge in [0, 0.05) is 11.0 Å². The lowest BCUT2D eigenvalue weighted by atomic mass is 9.71. The zero-order valence-corrected chi connectivity index (χ0v) is 8.60. The maximum Gasteiger partial charge on any atom is 0.243 e. The first kappa shape index (κ1) is 10.6. The largest absolute Gasteiger partial charge is 0.763 e. The second kappa shape index (κ2) is 3.33. The summed E-state index contributed by atoms with van der Waals surface area (Å²) in [5.41, 5.74) is -0.512. The lowest BCUT2D eigenvalue weighted by Gasteiger charge is -2.36. The van der Waals surface area contributed by atoms with Crippen molar-refractivity contribution in [3.8, 4) is 6.07 Å². The van der Waals surface area contributed by atoms with Gasteiger partial charge in [-0.1, -0.05) is 26.1 Å². The molecule has 0 aromatic heterocycles. The van der Waals surface area contributed by atoms with Crippen LogP contribution in [0.25, 0.3) is 5.41 Å². The van der Waals surface area contributed by atoms with Crippen LogP contribution >= 0.6 is 12.2 Å². The number of piperidine rings is 1. The summed E-state index contributed by atoms with van der Waals surface area (Å²) in [5.74, 6) is 0.652. The van der Waals surface area contributed by atoms with Gasteiger partial charge in [-0.05, 0) is 0 Å². The van der Waals surface area contributed by atoms with Crippen LogP contribution in [0.5, 0.6) is 0 Å². The molecule has 1 rings (SSSR count). The Balaban J connectivity index is 3.30. The summed E-state index contributed by atoms with van der Waals surface area (Å²) in [7, 11) is 0. The van der Waals surface area contributed by atoms with Crippen molar-refractivity contribution in [3.63, 3.8) is 0 Å². The highest BCUT2D eigenvalue weighted by molar-refractivity contribution is 7.80. The normalized spacial score (nSPS) is 24.9. The van der Waals surface area contributed by atoms with Crippen molar-refractivity contribution in [3.05, 3.63) is 11.0 Å². The van der Waals surface area contributed by atoms with Gasteiger partial charge < -0.3 is 10.7 Å². The maximum absolute atomic E-state index is 11.4. The number of thiocarbonyl (C=S) groups is 1. The van der Waals surface area contributed by atoms with Crippen molar-refractivity contribution in [1.82, 2.24) is 5.32 Å². The third kappa shape index (κ3) is 1.35. The molecule has 1 amide bonds. The fourth-order valence-corrected chi connectivity index (χ4v) is 1.84. The molecule has 1 atom stereocenters. The summed E-state index contributed by atoms with van der Waals surface area (Å²) in [5, 5.41) is 20.0. The van der Waals surface area contributed by atoms with E-state index >= 15 is 0 Å². The average Bonchev–Trinajstić information content (AvgIpc) is 2.02. The smallest absolute Gasteiger partial charge is 0.243 e. The van der Waals surface area contributed by atoms with Crippen LogP contribution in [0.4, 0.5) is 0 Å². The predicted octanol–water partition coefficient (Wildman–Crippen LogP) is 0.775. The summed E-state index contributed by atoms with van der Waals surface area (Å²) in [6, 6.07) is 1.89. The van der Waals surface area contributed by atoms with Crippen molar-refractivity contribution < 1.29 is 4.79 Å². The molecule has 1 N–H and O–H groups in total. The highest BCUT2D eigenvalue weighted by atomic mass is 32.1. The minimum atomic E-state index is -0.858. The molecule has 0 aromatic carbocycles. The Kier molecular flexibility index (Phi) is 2.52. The number of nitrogens with zero attached hydrogens (tertiary/aromatic N) is 2. The standard InChI is InChI=1S/C9H8N3OS/c1-9(2)5(3-10)7(13)12-8(14)6(9)4-11/h5H,1-2H3,(H,12,13,14)/q-1/t5-/m1/s1. The molecule has 0 spiro atoms. The van der Waals surface area contributed by atoms with E-state index in [-0.39, 0.29) is 4.99 Å². The summed E-state index contributed by atoms with van der Waals surface area (Å²) in [6.07, 6.45) is 0. The molecule has 5 heteroatoms. The lowest BCUT2D eigenvalue weighted by Crippen LogP contribution is -2.50. The van der Waals surface area contributed by atoms with Crippen LogP contribution in [0.15, 0.2) is 5.57 Å². The molecule has 0 aliphatic carbocycles. The molecular formula is C9H8N3OS-. The molecule has 0 radical (unpaired) electrons. The number of hydrogen-bond donors (Lipinski definition) is 1. The van der Waals surface area contributed by atoms with Gasteiger partial charge in [0.1, 0.15) is 10.9 Å². The van der Waals surface area contributed by atoms with Gasteiger partial charge in [0.25, 0.3) is 0 Å². The number of rotatable bonds is 0. The minimum absolute atomic E-state index is 0.133. The Morgan fingerprint density at radius 2 is 2.21 bits per heavy atom. The zero-order chi connectivity index (χ0) is 10.9. The number of carbonyl (C=O) groups is 1. The van der Waals surface area contributed by atoms with Crippen molar-refractivity contribution in [2.24, 2.45) is 11.3 Å². The Bertz CT molecular complexity index is 399. The molecule has 1 aliphatic heterocycles. The van der Waals surface area contributed by atoms with E-state index in [1.807, 2.05) is 11.9 Å². The lowest BCUT2D eigenvalue weighted by molar-refractivity contribution is -0.124. The SMILES string of the molecule is CC1(C)C(=C=[N-])C(=S)NC(=O)[C@H]1C#N. The molecule has 0 bridgehead atoms. The Labute approximate surface area is 87.1 Å². The van der Waals surface area contributed by atoms with Gasteiger partial charge in [-0.15, -0.1) is 0 Å². The molecule has 0 unspecified atom stereocenters. The van der Waals surface area contributed by atoms with Gasteiger partial charge in [0.15, 0.2) is 0 Å². The van der Waals surface area contributed by atoms with Crippen LogP contribution in [0.1, 0.15) is 13.8 Å². The van der Waals surface area contributed by atoms with E-state index in [2.05, 4.69) is 5.32 Å². The van der Waals surface area contributed by atoms with Crippen LogP contribution in [0.3, 0.4) is 0 Å². The first-order valence-corrected chi connectivity index (χ1v) is 4.38. The highest BCUT2D eigenvalue weighted by Gasteiger charge is 2.44. The topological polar surface area (TPSA) is 75.2 Å². The van der Waals surface area contributed by atoms with Gasteiger partial charge in [-0.25, -0.2) is 0 Å². The van der Waals surface area contributed by atoms with E-state index in [1.54, 1.807) is 13.8 Å². The molecule has 1 aliphatic rings. The van der Waals surface area contributed by atoms with Gasteiger partial charge in [-0.2, -0.15) is 5.26 Å². The third-order valence-electron chi connectivity index (χ3n) is 2.33. The van der Waals surface area contributed by atoms with Gasteiger partial charge in [0.2, 0.25) is 5.91 Å². The second-order valence-electron chi connectivity index (χ2n) is 3.59. The summed E-state index contributed by atoms with van der Waals surface area (Å²) < 4.78 is 0. The first-order valence-electron chi connectivity index (χ1n) is 3.97. The van der Waals surface area contributed by atoms with E-state index in [1.165, 1.54) is 0 Å². The molecular weight excluding hydrogens is 198 g/mol. The Morgan fingerprint density at radius 3 is 2.64 bits per heavy atom. The van der Waals surface area contributed by atoms with Crippen LogP contribution in [-0.2, 0) is 4.79 Å². The Morgan fingerprint density at radius 1 is 1.64 bits per heavy atom. The summed E-state index contributed by atoms with van der Waals surface area (Å²) in [4.78, 5) is 11.5. The molecule has 1 heterocycles. The molecule has 4 nitrogen and oxygen atoms in total. The number of amides is 1. The number of nitriles is 1. The van der Waals surface area contributed by atoms with Gasteiger partial charge in [0.05, 0.1) is 6.07 Å². The zero-order valence-electron chi connectivity index (χ0n) is 7.79. The molecule has 1 fully saturated rings. The van der Waals surface area contributed by atoms with Crippen LogP contribution in [0, 0.1) is 22.7 Å². The van der Waals surface area contributed by atoms with E-state index < -0.39 is 17.2 Å². The van der Waals surface area contributed by atoms with E-state index in [4.69, 9.17) is 22.9 Å². The van der Waals surface area contributed by atoms with Gasteiger partial charge >= 0.3 is 0 Å². The van der Waals surface area contributed by atoms with E-state index in [9.17, 15) is 4.79 Å². The molecule has 1 saturated heterocycles. The first-order chi connectivity index (χ1) is 6.45. The summed E-state index contributed by atoms with van der Waals surface area (Å²) >= 11 is 4.85. The van der Waals surface area contributed by atoms with Crippen molar-refractivity contribution >= 4 is 29.0 Å². The maximum atomic E-state index is 11.4. The fraction of sp³-hybridized carbons (Fsp3) is 0.444. The van der Waals surface area contributed by atoms with E-state index in [0.29, 0.717) is 5.57 Å². The second-order valence-corrected chi connectivity index (χ2v) is 4.00. The Hall–Kier alpha value is -1.50. The molecule has 14 heavy (non-hydrogen) atoms. The molecule has 72 valence electrons. The van der Waals surface area contributed by atoms with Gasteiger partial charge in [-0.3, -0.25) is 10.7 Å². The predicted molar refractivity (Wildman–Crippen MR) is 55.5 cm³/mol. The fourth-order valence-electron chi connectivity index (χ4n) is 1.43. The molecule has 0 aromatic rings. The number of hydrogen-bond acceptors (Lipinski definition) is 3.